The highest BCUT2D eigenvalue weighted by atomic mass is 32.2. The number of amides is 1. The average Bonchev–Trinajstić information content (AvgIpc) is 3.24. The zero-order valence-electron chi connectivity index (χ0n) is 15.2. The van der Waals surface area contributed by atoms with Crippen LogP contribution in [0.2, 0.25) is 0 Å². The first-order valence-electron chi connectivity index (χ1n) is 8.86. The molecule has 3 rings (SSSR count). The molecule has 0 aliphatic carbocycles. The number of rotatable bonds is 9. The van der Waals surface area contributed by atoms with Gasteiger partial charge in [0.25, 0.3) is 5.91 Å². The summed E-state index contributed by atoms with van der Waals surface area (Å²) in [6.07, 6.45) is 0.369. The maximum absolute atomic E-state index is 12.6. The zero-order valence-corrected chi connectivity index (χ0v) is 17.7. The number of hydrogen-bond donors (Lipinski definition) is 1. The first kappa shape index (κ1) is 20.6. The van der Waals surface area contributed by atoms with Crippen molar-refractivity contribution in [1.29, 1.82) is 0 Å². The molecule has 4 nitrogen and oxygen atoms in total. The molecular formula is C21H21NO3S3. The molecule has 1 amide bonds. The monoisotopic (exact) mass is 431 g/mol. The molecule has 1 aromatic heterocycles. The number of carbonyl (C=O) groups excluding carboxylic acids is 1. The molecule has 0 fully saturated rings. The van der Waals surface area contributed by atoms with E-state index in [9.17, 15) is 13.2 Å². The number of hydrogen-bond acceptors (Lipinski definition) is 5. The van der Waals surface area contributed by atoms with Crippen molar-refractivity contribution < 1.29 is 13.2 Å². The molecule has 0 aliphatic heterocycles. The fourth-order valence-electron chi connectivity index (χ4n) is 2.63. The Bertz CT molecular complexity index is 1000. The Morgan fingerprint density at radius 3 is 2.46 bits per heavy atom. The molecule has 3 aromatic rings. The van der Waals surface area contributed by atoms with E-state index in [0.29, 0.717) is 23.4 Å². The molecule has 1 N–H and O–H groups in total. The number of sulfone groups is 1. The first-order valence-corrected chi connectivity index (χ1v) is 12.4. The number of thioether (sulfide) groups is 1. The van der Waals surface area contributed by atoms with E-state index < -0.39 is 9.84 Å². The highest BCUT2D eigenvalue weighted by molar-refractivity contribution is 7.98. The highest BCUT2D eigenvalue weighted by Crippen LogP contribution is 2.27. The van der Waals surface area contributed by atoms with Crippen LogP contribution in [0.15, 0.2) is 81.9 Å². The molecule has 28 heavy (non-hydrogen) atoms. The molecule has 2 aromatic carbocycles. The van der Waals surface area contributed by atoms with Gasteiger partial charge in [0, 0.05) is 22.1 Å². The summed E-state index contributed by atoms with van der Waals surface area (Å²) in [6.45, 7) is 0.314. The lowest BCUT2D eigenvalue weighted by molar-refractivity contribution is 0.0950. The third-order valence-corrected chi connectivity index (χ3v) is 8.06. The van der Waals surface area contributed by atoms with Crippen LogP contribution in [0.5, 0.6) is 0 Å². The van der Waals surface area contributed by atoms with Crippen LogP contribution in [0.4, 0.5) is 0 Å². The predicted molar refractivity (Wildman–Crippen MR) is 116 cm³/mol. The topological polar surface area (TPSA) is 63.2 Å². The second-order valence-corrected chi connectivity index (χ2v) is 10.3. The van der Waals surface area contributed by atoms with Crippen molar-refractivity contribution in [3.8, 4) is 0 Å². The van der Waals surface area contributed by atoms with E-state index in [0.717, 1.165) is 10.6 Å². The number of benzene rings is 2. The van der Waals surface area contributed by atoms with Gasteiger partial charge in [0.15, 0.2) is 9.84 Å². The van der Waals surface area contributed by atoms with E-state index in [1.165, 1.54) is 4.88 Å². The van der Waals surface area contributed by atoms with E-state index in [2.05, 4.69) is 11.4 Å². The van der Waals surface area contributed by atoms with Crippen LogP contribution in [0, 0.1) is 0 Å². The fraction of sp³-hybridized carbons (Fsp3) is 0.190. The van der Waals surface area contributed by atoms with Crippen LogP contribution in [0.25, 0.3) is 0 Å². The second kappa shape index (κ2) is 9.91. The third-order valence-electron chi connectivity index (χ3n) is 4.06. The van der Waals surface area contributed by atoms with Gasteiger partial charge in [-0.2, -0.15) is 0 Å². The maximum atomic E-state index is 12.6. The quantitative estimate of drug-likeness (QED) is 0.396. The van der Waals surface area contributed by atoms with Crippen LogP contribution in [0.1, 0.15) is 21.7 Å². The van der Waals surface area contributed by atoms with Gasteiger partial charge in [-0.15, -0.1) is 23.1 Å². The summed E-state index contributed by atoms with van der Waals surface area (Å²) in [5.74, 6) is 0.648. The molecule has 0 bridgehead atoms. The third kappa shape index (κ3) is 5.70. The summed E-state index contributed by atoms with van der Waals surface area (Å²) < 4.78 is 24.6. The van der Waals surface area contributed by atoms with Crippen molar-refractivity contribution in [1.82, 2.24) is 5.32 Å². The Labute approximate surface area is 173 Å². The Kier molecular flexibility index (Phi) is 7.30. The SMILES string of the molecule is O=C(NCCCS(=O)(=O)c1ccccc1)c1ccccc1SCc1cccs1. The molecule has 1 heterocycles. The summed E-state index contributed by atoms with van der Waals surface area (Å²) in [5.41, 5.74) is 0.620. The van der Waals surface area contributed by atoms with Crippen LogP contribution in [-0.2, 0) is 15.6 Å². The largest absolute Gasteiger partial charge is 0.352 e. The van der Waals surface area contributed by atoms with Crippen molar-refractivity contribution in [3.63, 3.8) is 0 Å². The van der Waals surface area contributed by atoms with Crippen LogP contribution >= 0.6 is 23.1 Å². The summed E-state index contributed by atoms with van der Waals surface area (Å²) in [4.78, 5) is 15.0. The first-order chi connectivity index (χ1) is 13.6. The van der Waals surface area contributed by atoms with Gasteiger partial charge in [-0.3, -0.25) is 4.79 Å². The second-order valence-electron chi connectivity index (χ2n) is 6.11. The van der Waals surface area contributed by atoms with Gasteiger partial charge in [0.2, 0.25) is 0 Å². The molecule has 0 unspecified atom stereocenters. The summed E-state index contributed by atoms with van der Waals surface area (Å²) in [6, 6.07) is 20.0. The molecule has 0 radical (unpaired) electrons. The number of thiophene rings is 1. The number of carbonyl (C=O) groups is 1. The zero-order chi connectivity index (χ0) is 19.8. The predicted octanol–water partition coefficient (Wildman–Crippen LogP) is 4.63. The van der Waals surface area contributed by atoms with Gasteiger partial charge in [-0.25, -0.2) is 8.42 Å². The Balaban J connectivity index is 1.52. The lowest BCUT2D eigenvalue weighted by atomic mass is 10.2. The fourth-order valence-corrected chi connectivity index (χ4v) is 5.78. The van der Waals surface area contributed by atoms with Gasteiger partial charge >= 0.3 is 0 Å². The van der Waals surface area contributed by atoms with E-state index in [1.54, 1.807) is 59.5 Å². The minimum atomic E-state index is -3.32. The Hall–Kier alpha value is -2.09. The summed E-state index contributed by atoms with van der Waals surface area (Å²) in [7, 11) is -3.32. The Morgan fingerprint density at radius 2 is 1.71 bits per heavy atom. The van der Waals surface area contributed by atoms with Gasteiger partial charge in [-0.1, -0.05) is 36.4 Å². The maximum Gasteiger partial charge on any atom is 0.252 e. The molecule has 146 valence electrons. The van der Waals surface area contributed by atoms with Crippen molar-refractivity contribution in [2.75, 3.05) is 12.3 Å². The van der Waals surface area contributed by atoms with Gasteiger partial charge in [0.05, 0.1) is 16.2 Å². The summed E-state index contributed by atoms with van der Waals surface area (Å²) in [5, 5.41) is 4.88. The van der Waals surface area contributed by atoms with Crippen molar-refractivity contribution in [3.05, 3.63) is 82.6 Å². The minimum Gasteiger partial charge on any atom is -0.352 e. The van der Waals surface area contributed by atoms with Crippen molar-refractivity contribution in [2.45, 2.75) is 22.0 Å². The van der Waals surface area contributed by atoms with Crippen LogP contribution in [0.3, 0.4) is 0 Å². The van der Waals surface area contributed by atoms with Gasteiger partial charge in [0.1, 0.15) is 0 Å². The van der Waals surface area contributed by atoms with E-state index in [-0.39, 0.29) is 11.7 Å². The van der Waals surface area contributed by atoms with E-state index >= 15 is 0 Å². The van der Waals surface area contributed by atoms with Crippen molar-refractivity contribution >= 4 is 38.8 Å². The average molecular weight is 432 g/mol. The minimum absolute atomic E-state index is 0.00602. The number of nitrogens with one attached hydrogen (secondary N) is 1. The van der Waals surface area contributed by atoms with Gasteiger partial charge < -0.3 is 5.32 Å². The van der Waals surface area contributed by atoms with Crippen molar-refractivity contribution in [2.24, 2.45) is 0 Å². The lowest BCUT2D eigenvalue weighted by Gasteiger charge is -2.10. The molecule has 7 heteroatoms. The molecule has 0 spiro atoms. The van der Waals surface area contributed by atoms with Crippen LogP contribution in [-0.4, -0.2) is 26.6 Å². The molecule has 0 saturated carbocycles. The van der Waals surface area contributed by atoms with Crippen LogP contribution < -0.4 is 5.32 Å². The van der Waals surface area contributed by atoms with E-state index in [4.69, 9.17) is 0 Å². The Morgan fingerprint density at radius 1 is 0.964 bits per heavy atom. The molecule has 0 saturated heterocycles. The smallest absolute Gasteiger partial charge is 0.252 e. The standard InChI is InChI=1S/C21H21NO3S3/c23-21(22-13-7-15-28(24,25)18-9-2-1-3-10-18)19-11-4-5-12-20(19)27-16-17-8-6-14-26-17/h1-6,8-12,14H,7,13,15-16H2,(H,22,23). The molecule has 0 atom stereocenters. The van der Waals surface area contributed by atoms with Gasteiger partial charge in [-0.05, 0) is 42.1 Å². The molecular weight excluding hydrogens is 410 g/mol. The van der Waals surface area contributed by atoms with E-state index in [1.807, 2.05) is 29.6 Å². The molecule has 0 aliphatic rings. The normalized spacial score (nSPS) is 11.3. The summed E-state index contributed by atoms with van der Waals surface area (Å²) >= 11 is 3.32. The highest BCUT2D eigenvalue weighted by Gasteiger charge is 2.15. The lowest BCUT2D eigenvalue weighted by Crippen LogP contribution is -2.26.